The standard InChI is InChI=1S/C8H11N3O2/c9-8(12)11-5-6-13-7-1-3-10-4-2-7/h1-4H,5-6H2,(H3,9,11,12). The Hall–Kier alpha value is -1.78. The second-order valence-corrected chi connectivity index (χ2v) is 2.32. The summed E-state index contributed by atoms with van der Waals surface area (Å²) in [5.74, 6) is 0.723. The van der Waals surface area contributed by atoms with Gasteiger partial charge in [0.25, 0.3) is 0 Å². The summed E-state index contributed by atoms with van der Waals surface area (Å²) in [5.41, 5.74) is 4.86. The number of rotatable bonds is 4. The van der Waals surface area contributed by atoms with Gasteiger partial charge in [0.2, 0.25) is 0 Å². The van der Waals surface area contributed by atoms with Crippen LogP contribution in [-0.4, -0.2) is 24.2 Å². The molecule has 2 amide bonds. The number of urea groups is 1. The Bertz CT molecular complexity index is 263. The molecule has 0 bridgehead atoms. The molecule has 0 radical (unpaired) electrons. The maximum absolute atomic E-state index is 10.3. The molecule has 0 fully saturated rings. The van der Waals surface area contributed by atoms with E-state index in [1.54, 1.807) is 24.5 Å². The number of aromatic nitrogens is 1. The molecular formula is C8H11N3O2. The Labute approximate surface area is 75.9 Å². The van der Waals surface area contributed by atoms with Crippen LogP contribution in [-0.2, 0) is 0 Å². The molecule has 0 aliphatic carbocycles. The first-order chi connectivity index (χ1) is 6.29. The van der Waals surface area contributed by atoms with Gasteiger partial charge in [-0.1, -0.05) is 0 Å². The average Bonchev–Trinajstić information content (AvgIpc) is 2.14. The fourth-order valence-corrected chi connectivity index (χ4v) is 0.778. The van der Waals surface area contributed by atoms with E-state index in [2.05, 4.69) is 10.3 Å². The van der Waals surface area contributed by atoms with Crippen molar-refractivity contribution in [2.45, 2.75) is 0 Å². The predicted molar refractivity (Wildman–Crippen MR) is 47.3 cm³/mol. The van der Waals surface area contributed by atoms with Gasteiger partial charge in [0.05, 0.1) is 6.54 Å². The number of amides is 2. The number of nitrogens with two attached hydrogens (primary N) is 1. The molecule has 5 nitrogen and oxygen atoms in total. The molecule has 0 spiro atoms. The van der Waals surface area contributed by atoms with Crippen LogP contribution in [0.3, 0.4) is 0 Å². The van der Waals surface area contributed by atoms with Crippen molar-refractivity contribution in [3.8, 4) is 5.75 Å². The Kier molecular flexibility index (Phi) is 3.56. The van der Waals surface area contributed by atoms with Crippen molar-refractivity contribution in [2.24, 2.45) is 5.73 Å². The summed E-state index contributed by atoms with van der Waals surface area (Å²) >= 11 is 0. The molecule has 0 aliphatic heterocycles. The van der Waals surface area contributed by atoms with Gasteiger partial charge < -0.3 is 15.8 Å². The summed E-state index contributed by atoms with van der Waals surface area (Å²) in [4.78, 5) is 14.1. The van der Waals surface area contributed by atoms with Crippen molar-refractivity contribution in [2.75, 3.05) is 13.2 Å². The van der Waals surface area contributed by atoms with Gasteiger partial charge in [-0.2, -0.15) is 0 Å². The van der Waals surface area contributed by atoms with E-state index in [-0.39, 0.29) is 0 Å². The molecule has 5 heteroatoms. The number of pyridine rings is 1. The lowest BCUT2D eigenvalue weighted by atomic mass is 10.4. The Morgan fingerprint density at radius 3 is 2.85 bits per heavy atom. The maximum Gasteiger partial charge on any atom is 0.312 e. The fraction of sp³-hybridized carbons (Fsp3) is 0.250. The largest absolute Gasteiger partial charge is 0.492 e. The van der Waals surface area contributed by atoms with E-state index in [1.165, 1.54) is 0 Å². The SMILES string of the molecule is NC(=O)NCCOc1ccncc1. The predicted octanol–water partition coefficient (Wildman–Crippen LogP) is 0.129. The third-order valence-corrected chi connectivity index (χ3v) is 1.32. The maximum atomic E-state index is 10.3. The van der Waals surface area contributed by atoms with Gasteiger partial charge in [0, 0.05) is 12.4 Å². The minimum absolute atomic E-state index is 0.396. The highest BCUT2D eigenvalue weighted by molar-refractivity contribution is 5.71. The van der Waals surface area contributed by atoms with Gasteiger partial charge in [0.1, 0.15) is 12.4 Å². The number of primary amides is 1. The first-order valence-corrected chi connectivity index (χ1v) is 3.85. The minimum atomic E-state index is -0.543. The van der Waals surface area contributed by atoms with E-state index in [0.29, 0.717) is 13.2 Å². The molecule has 0 aromatic carbocycles. The normalized spacial score (nSPS) is 9.23. The lowest BCUT2D eigenvalue weighted by molar-refractivity contribution is 0.244. The zero-order valence-corrected chi connectivity index (χ0v) is 7.06. The molecule has 0 saturated heterocycles. The summed E-state index contributed by atoms with van der Waals surface area (Å²) in [5, 5.41) is 2.41. The molecule has 70 valence electrons. The summed E-state index contributed by atoms with van der Waals surface area (Å²) < 4.78 is 5.25. The summed E-state index contributed by atoms with van der Waals surface area (Å²) in [6, 6.07) is 2.94. The second kappa shape index (κ2) is 4.97. The van der Waals surface area contributed by atoms with Gasteiger partial charge in [-0.15, -0.1) is 0 Å². The van der Waals surface area contributed by atoms with Gasteiger partial charge in [-0.25, -0.2) is 4.79 Å². The van der Waals surface area contributed by atoms with Crippen LogP contribution < -0.4 is 15.8 Å². The van der Waals surface area contributed by atoms with Crippen molar-refractivity contribution < 1.29 is 9.53 Å². The Morgan fingerprint density at radius 2 is 2.23 bits per heavy atom. The quantitative estimate of drug-likeness (QED) is 0.648. The van der Waals surface area contributed by atoms with Crippen LogP contribution in [0.4, 0.5) is 4.79 Å². The number of nitrogens with zero attached hydrogens (tertiary/aromatic N) is 1. The van der Waals surface area contributed by atoms with Crippen LogP contribution in [0.5, 0.6) is 5.75 Å². The number of carbonyl (C=O) groups excluding carboxylic acids is 1. The molecule has 1 rings (SSSR count). The lowest BCUT2D eigenvalue weighted by Crippen LogP contribution is -2.32. The van der Waals surface area contributed by atoms with Gasteiger partial charge in [0.15, 0.2) is 0 Å². The van der Waals surface area contributed by atoms with E-state index in [9.17, 15) is 4.79 Å². The molecular weight excluding hydrogens is 170 g/mol. The van der Waals surface area contributed by atoms with Gasteiger partial charge >= 0.3 is 6.03 Å². The topological polar surface area (TPSA) is 77.2 Å². The van der Waals surface area contributed by atoms with Gasteiger partial charge in [-0.05, 0) is 12.1 Å². The zero-order chi connectivity index (χ0) is 9.52. The molecule has 3 N–H and O–H groups in total. The van der Waals surface area contributed by atoms with Crippen LogP contribution in [0, 0.1) is 0 Å². The van der Waals surface area contributed by atoms with Crippen molar-refractivity contribution in [3.63, 3.8) is 0 Å². The van der Waals surface area contributed by atoms with E-state index < -0.39 is 6.03 Å². The van der Waals surface area contributed by atoms with Crippen molar-refractivity contribution in [1.29, 1.82) is 0 Å². The highest BCUT2D eigenvalue weighted by Gasteiger charge is 1.92. The number of hydrogen-bond acceptors (Lipinski definition) is 3. The monoisotopic (exact) mass is 181 g/mol. The van der Waals surface area contributed by atoms with Gasteiger partial charge in [-0.3, -0.25) is 4.98 Å². The van der Waals surface area contributed by atoms with Crippen molar-refractivity contribution >= 4 is 6.03 Å². The second-order valence-electron chi connectivity index (χ2n) is 2.32. The molecule has 1 aromatic rings. The zero-order valence-electron chi connectivity index (χ0n) is 7.06. The van der Waals surface area contributed by atoms with Crippen LogP contribution in [0.1, 0.15) is 0 Å². The molecule has 13 heavy (non-hydrogen) atoms. The molecule has 0 atom stereocenters. The molecule has 0 unspecified atom stereocenters. The van der Waals surface area contributed by atoms with Crippen LogP contribution in [0.15, 0.2) is 24.5 Å². The molecule has 1 aromatic heterocycles. The Balaban J connectivity index is 2.17. The molecule has 1 heterocycles. The van der Waals surface area contributed by atoms with E-state index in [0.717, 1.165) is 5.75 Å². The van der Waals surface area contributed by atoms with E-state index >= 15 is 0 Å². The van der Waals surface area contributed by atoms with E-state index in [1.807, 2.05) is 0 Å². The number of hydrogen-bond donors (Lipinski definition) is 2. The summed E-state index contributed by atoms with van der Waals surface area (Å²) in [6.45, 7) is 0.796. The smallest absolute Gasteiger partial charge is 0.312 e. The van der Waals surface area contributed by atoms with Crippen LogP contribution >= 0.6 is 0 Å². The molecule has 0 aliphatic rings. The lowest BCUT2D eigenvalue weighted by Gasteiger charge is -2.04. The summed E-state index contributed by atoms with van der Waals surface area (Å²) in [7, 11) is 0. The highest BCUT2D eigenvalue weighted by Crippen LogP contribution is 2.05. The third-order valence-electron chi connectivity index (χ3n) is 1.32. The van der Waals surface area contributed by atoms with Crippen molar-refractivity contribution in [1.82, 2.24) is 10.3 Å². The third kappa shape index (κ3) is 3.95. The number of carbonyl (C=O) groups is 1. The van der Waals surface area contributed by atoms with Crippen molar-refractivity contribution in [3.05, 3.63) is 24.5 Å². The fourth-order valence-electron chi connectivity index (χ4n) is 0.778. The van der Waals surface area contributed by atoms with Crippen LogP contribution in [0.25, 0.3) is 0 Å². The average molecular weight is 181 g/mol. The highest BCUT2D eigenvalue weighted by atomic mass is 16.5. The Morgan fingerprint density at radius 1 is 1.54 bits per heavy atom. The van der Waals surface area contributed by atoms with E-state index in [4.69, 9.17) is 10.5 Å². The summed E-state index contributed by atoms with van der Waals surface area (Å²) in [6.07, 6.45) is 3.27. The molecule has 0 saturated carbocycles. The minimum Gasteiger partial charge on any atom is -0.492 e. The number of ether oxygens (including phenoxy) is 1. The first kappa shape index (κ1) is 9.31. The first-order valence-electron chi connectivity index (χ1n) is 3.85. The number of nitrogens with one attached hydrogen (secondary N) is 1. The van der Waals surface area contributed by atoms with Crippen LogP contribution in [0.2, 0.25) is 0 Å².